The number of unbranched alkanes of at least 4 members (excludes halogenated alkanes) is 4. The van der Waals surface area contributed by atoms with Crippen LogP contribution in [-0.4, -0.2) is 0 Å². The van der Waals surface area contributed by atoms with Crippen molar-refractivity contribution in [2.24, 2.45) is 0 Å². The lowest BCUT2D eigenvalue weighted by Gasteiger charge is -1.92. The zero-order valence-corrected chi connectivity index (χ0v) is 8.63. The topological polar surface area (TPSA) is 0 Å². The SMILES string of the molecule is [CH2]CCCCCC#Cc1ccccc1. The predicted molar refractivity (Wildman–Crippen MR) is 61.8 cm³/mol. The van der Waals surface area contributed by atoms with Crippen LogP contribution in [0.1, 0.15) is 37.7 Å². The smallest absolute Gasteiger partial charge is 0.0245 e. The van der Waals surface area contributed by atoms with Gasteiger partial charge in [-0.05, 0) is 18.6 Å². The molecule has 0 bridgehead atoms. The highest BCUT2D eigenvalue weighted by atomic mass is 13.9. The lowest BCUT2D eigenvalue weighted by molar-refractivity contribution is 0.701. The van der Waals surface area contributed by atoms with Gasteiger partial charge in [0.25, 0.3) is 0 Å². The van der Waals surface area contributed by atoms with Crippen molar-refractivity contribution in [3.05, 3.63) is 42.8 Å². The van der Waals surface area contributed by atoms with E-state index in [1.807, 2.05) is 30.3 Å². The van der Waals surface area contributed by atoms with Gasteiger partial charge in [-0.25, -0.2) is 0 Å². The fourth-order valence-corrected chi connectivity index (χ4v) is 1.25. The van der Waals surface area contributed by atoms with Crippen molar-refractivity contribution in [1.29, 1.82) is 0 Å². The van der Waals surface area contributed by atoms with Gasteiger partial charge in [0.15, 0.2) is 0 Å². The van der Waals surface area contributed by atoms with Crippen molar-refractivity contribution in [2.45, 2.75) is 32.1 Å². The van der Waals surface area contributed by atoms with Gasteiger partial charge in [-0.15, -0.1) is 0 Å². The minimum atomic E-state index is 1.01. The van der Waals surface area contributed by atoms with E-state index in [-0.39, 0.29) is 0 Å². The van der Waals surface area contributed by atoms with E-state index in [1.54, 1.807) is 0 Å². The van der Waals surface area contributed by atoms with Gasteiger partial charge in [0.05, 0.1) is 0 Å². The summed E-state index contributed by atoms with van der Waals surface area (Å²) >= 11 is 0. The molecule has 0 spiro atoms. The Hall–Kier alpha value is -1.22. The van der Waals surface area contributed by atoms with Crippen LogP contribution in [0.5, 0.6) is 0 Å². The second kappa shape index (κ2) is 7.21. The molecule has 0 aromatic heterocycles. The average molecular weight is 185 g/mol. The number of hydrogen-bond acceptors (Lipinski definition) is 0. The molecule has 0 heterocycles. The maximum absolute atomic E-state index is 3.82. The molecule has 0 unspecified atom stereocenters. The van der Waals surface area contributed by atoms with Crippen LogP contribution in [0.3, 0.4) is 0 Å². The molecule has 0 aliphatic rings. The average Bonchev–Trinajstić information content (AvgIpc) is 2.25. The van der Waals surface area contributed by atoms with Crippen molar-refractivity contribution >= 4 is 0 Å². The molecule has 0 saturated carbocycles. The van der Waals surface area contributed by atoms with Crippen LogP contribution in [0.4, 0.5) is 0 Å². The van der Waals surface area contributed by atoms with E-state index in [0.29, 0.717) is 0 Å². The zero-order valence-electron chi connectivity index (χ0n) is 8.63. The Balaban J connectivity index is 2.21. The summed E-state index contributed by atoms with van der Waals surface area (Å²) < 4.78 is 0. The van der Waals surface area contributed by atoms with E-state index >= 15 is 0 Å². The Morgan fingerprint density at radius 2 is 1.79 bits per heavy atom. The van der Waals surface area contributed by atoms with E-state index in [4.69, 9.17) is 0 Å². The first-order valence-corrected chi connectivity index (χ1v) is 5.26. The van der Waals surface area contributed by atoms with Crippen LogP contribution in [0.2, 0.25) is 0 Å². The summed E-state index contributed by atoms with van der Waals surface area (Å²) in [5.74, 6) is 6.35. The standard InChI is InChI=1S/C14H17/c1-2-3-4-5-6-8-11-14-12-9-7-10-13-14/h7,9-10,12-13H,1-6H2. The van der Waals surface area contributed by atoms with E-state index in [1.165, 1.54) is 19.3 Å². The Morgan fingerprint density at radius 1 is 1.00 bits per heavy atom. The van der Waals surface area contributed by atoms with Crippen LogP contribution in [0.25, 0.3) is 0 Å². The summed E-state index contributed by atoms with van der Waals surface area (Å²) in [6, 6.07) is 10.1. The number of benzene rings is 1. The van der Waals surface area contributed by atoms with Crippen LogP contribution in [0.15, 0.2) is 30.3 Å². The lowest BCUT2D eigenvalue weighted by Crippen LogP contribution is -1.75. The summed E-state index contributed by atoms with van der Waals surface area (Å²) in [7, 11) is 0. The Morgan fingerprint density at radius 3 is 2.50 bits per heavy atom. The third-order valence-corrected chi connectivity index (χ3v) is 2.06. The molecule has 0 N–H and O–H groups in total. The Labute approximate surface area is 87.4 Å². The number of hydrogen-bond donors (Lipinski definition) is 0. The molecule has 0 aliphatic heterocycles. The third kappa shape index (κ3) is 4.72. The molecule has 0 amide bonds. The second-order valence-corrected chi connectivity index (χ2v) is 3.33. The first-order chi connectivity index (χ1) is 6.93. The summed E-state index contributed by atoms with van der Waals surface area (Å²) in [5, 5.41) is 0. The monoisotopic (exact) mass is 185 g/mol. The quantitative estimate of drug-likeness (QED) is 0.494. The Bertz CT molecular complexity index is 287. The van der Waals surface area contributed by atoms with Gasteiger partial charge in [0.1, 0.15) is 0 Å². The van der Waals surface area contributed by atoms with Gasteiger partial charge in [0, 0.05) is 12.0 Å². The summed E-state index contributed by atoms with van der Waals surface area (Å²) in [6.07, 6.45) is 5.75. The molecule has 14 heavy (non-hydrogen) atoms. The molecule has 0 saturated heterocycles. The molecule has 73 valence electrons. The lowest BCUT2D eigenvalue weighted by atomic mass is 10.1. The fraction of sp³-hybridized carbons (Fsp3) is 0.357. The summed E-state index contributed by atoms with van der Waals surface area (Å²) in [6.45, 7) is 3.82. The third-order valence-electron chi connectivity index (χ3n) is 2.06. The highest BCUT2D eigenvalue weighted by Crippen LogP contribution is 2.01. The van der Waals surface area contributed by atoms with Crippen LogP contribution in [-0.2, 0) is 0 Å². The van der Waals surface area contributed by atoms with Gasteiger partial charge in [-0.1, -0.05) is 56.2 Å². The van der Waals surface area contributed by atoms with E-state index in [0.717, 1.165) is 18.4 Å². The van der Waals surface area contributed by atoms with Crippen LogP contribution < -0.4 is 0 Å². The second-order valence-electron chi connectivity index (χ2n) is 3.33. The van der Waals surface area contributed by atoms with Crippen molar-refractivity contribution in [2.75, 3.05) is 0 Å². The molecular formula is C14H17. The van der Waals surface area contributed by atoms with Gasteiger partial charge >= 0.3 is 0 Å². The van der Waals surface area contributed by atoms with Crippen molar-refractivity contribution in [3.63, 3.8) is 0 Å². The molecule has 0 aliphatic carbocycles. The summed E-state index contributed by atoms with van der Waals surface area (Å²) in [4.78, 5) is 0. The van der Waals surface area contributed by atoms with Gasteiger partial charge in [0.2, 0.25) is 0 Å². The predicted octanol–water partition coefficient (Wildman–Crippen LogP) is 3.82. The molecule has 0 nitrogen and oxygen atoms in total. The van der Waals surface area contributed by atoms with Gasteiger partial charge in [-0.3, -0.25) is 0 Å². The molecule has 1 aromatic rings. The molecule has 1 aromatic carbocycles. The Kier molecular flexibility index (Phi) is 5.59. The fourth-order valence-electron chi connectivity index (χ4n) is 1.25. The minimum Gasteiger partial charge on any atom is -0.0979 e. The molecule has 0 atom stereocenters. The molecule has 1 rings (SSSR count). The van der Waals surface area contributed by atoms with Crippen molar-refractivity contribution < 1.29 is 0 Å². The molecular weight excluding hydrogens is 168 g/mol. The summed E-state index contributed by atoms with van der Waals surface area (Å²) in [5.41, 5.74) is 1.12. The van der Waals surface area contributed by atoms with Crippen LogP contribution >= 0.6 is 0 Å². The van der Waals surface area contributed by atoms with Gasteiger partial charge < -0.3 is 0 Å². The highest BCUT2D eigenvalue weighted by molar-refractivity contribution is 5.33. The largest absolute Gasteiger partial charge is 0.0979 e. The maximum Gasteiger partial charge on any atom is 0.0245 e. The van der Waals surface area contributed by atoms with Crippen molar-refractivity contribution in [3.8, 4) is 11.8 Å². The van der Waals surface area contributed by atoms with E-state index < -0.39 is 0 Å². The van der Waals surface area contributed by atoms with Crippen molar-refractivity contribution in [1.82, 2.24) is 0 Å². The van der Waals surface area contributed by atoms with E-state index in [2.05, 4.69) is 18.8 Å². The first kappa shape index (κ1) is 10.9. The molecule has 1 radical (unpaired) electrons. The zero-order chi connectivity index (χ0) is 10.1. The molecule has 0 heteroatoms. The first-order valence-electron chi connectivity index (χ1n) is 5.26. The van der Waals surface area contributed by atoms with Crippen LogP contribution in [0, 0.1) is 18.8 Å². The molecule has 0 fully saturated rings. The number of rotatable bonds is 4. The maximum atomic E-state index is 3.82. The minimum absolute atomic E-state index is 1.01. The highest BCUT2D eigenvalue weighted by Gasteiger charge is 1.84. The normalized spacial score (nSPS) is 9.21. The van der Waals surface area contributed by atoms with E-state index in [9.17, 15) is 0 Å². The van der Waals surface area contributed by atoms with Gasteiger partial charge in [-0.2, -0.15) is 0 Å².